The third-order valence-corrected chi connectivity index (χ3v) is 2.70. The lowest BCUT2D eigenvalue weighted by molar-refractivity contribution is -0.680. The van der Waals surface area contributed by atoms with E-state index in [1.807, 2.05) is 31.2 Å². The van der Waals surface area contributed by atoms with Gasteiger partial charge in [0, 0.05) is 19.1 Å². The molecule has 2 aromatic rings. The summed E-state index contributed by atoms with van der Waals surface area (Å²) in [6.07, 6.45) is -0.693. The van der Waals surface area contributed by atoms with Gasteiger partial charge in [-0.25, -0.2) is 4.79 Å². The molecule has 0 saturated carbocycles. The first-order chi connectivity index (χ1) is 8.99. The number of aryl methyl sites for hydroxylation is 1. The lowest BCUT2D eigenvalue weighted by atomic mass is 10.2. The number of H-pyrrole nitrogens is 1. The summed E-state index contributed by atoms with van der Waals surface area (Å²) in [5.74, 6) is -0.455. The maximum Gasteiger partial charge on any atom is 0.434 e. The number of nitrogens with one attached hydrogen (secondary N) is 1. The smallest absolute Gasteiger partial charge is 0.434 e. The van der Waals surface area contributed by atoms with Crippen LogP contribution in [0, 0.1) is 6.92 Å². The Hall–Kier alpha value is -2.37. The van der Waals surface area contributed by atoms with Gasteiger partial charge in [0.2, 0.25) is 5.69 Å². The van der Waals surface area contributed by atoms with Gasteiger partial charge in [-0.05, 0) is 23.8 Å². The molecular formula is C13H15N2O4+. The van der Waals surface area contributed by atoms with Gasteiger partial charge in [0.15, 0.2) is 6.10 Å². The Labute approximate surface area is 109 Å². The fourth-order valence-corrected chi connectivity index (χ4v) is 1.82. The van der Waals surface area contributed by atoms with Crippen molar-refractivity contribution in [2.45, 2.75) is 26.9 Å². The molecule has 1 aromatic carbocycles. The minimum atomic E-state index is -0.693. The van der Waals surface area contributed by atoms with E-state index in [0.29, 0.717) is 0 Å². The fourth-order valence-electron chi connectivity index (χ4n) is 1.82. The monoisotopic (exact) mass is 263 g/mol. The van der Waals surface area contributed by atoms with E-state index in [-0.39, 0.29) is 5.69 Å². The molecule has 0 bridgehead atoms. The van der Waals surface area contributed by atoms with Crippen LogP contribution in [0.1, 0.15) is 31.2 Å². The molecule has 0 aliphatic rings. The summed E-state index contributed by atoms with van der Waals surface area (Å²) in [6, 6.07) is 7.50. The molecule has 0 amide bonds. The number of hydrogen-bond donors (Lipinski definition) is 1. The van der Waals surface area contributed by atoms with Gasteiger partial charge in [0.05, 0.1) is 0 Å². The predicted octanol–water partition coefficient (Wildman–Crippen LogP) is 1.18. The maximum atomic E-state index is 11.7. The highest BCUT2D eigenvalue weighted by molar-refractivity contribution is 5.66. The molecule has 1 unspecified atom stereocenters. The number of rotatable bonds is 3. The summed E-state index contributed by atoms with van der Waals surface area (Å²) in [5.41, 5.74) is 1.50. The Morgan fingerprint density at radius 3 is 2.58 bits per heavy atom. The number of nitrogens with zero attached hydrogens (tertiary/aromatic N) is 1. The number of carbonyl (C=O) groups excluding carboxylic acids is 1. The summed E-state index contributed by atoms with van der Waals surface area (Å²) < 4.78 is 11.3. The summed E-state index contributed by atoms with van der Waals surface area (Å²) in [4.78, 5) is 22.7. The minimum Gasteiger partial charge on any atom is -0.451 e. The first-order valence-electron chi connectivity index (χ1n) is 5.86. The van der Waals surface area contributed by atoms with Gasteiger partial charge < -0.3 is 4.74 Å². The summed E-state index contributed by atoms with van der Waals surface area (Å²) in [6.45, 7) is 4.88. The van der Waals surface area contributed by atoms with Crippen LogP contribution in [0.15, 0.2) is 33.6 Å². The largest absolute Gasteiger partial charge is 0.451 e. The van der Waals surface area contributed by atoms with E-state index < -0.39 is 17.7 Å². The standard InChI is InChI=1S/C13H14N2O4/c1-8-4-6-11(7-5-8)15-12(13(17)19-14-15)9(2)18-10(3)16/h4-7,9H,1-3H3/p+1. The number of benzene rings is 1. The highest BCUT2D eigenvalue weighted by atomic mass is 16.6. The summed E-state index contributed by atoms with van der Waals surface area (Å²) >= 11 is 0. The Morgan fingerprint density at radius 2 is 2.00 bits per heavy atom. The van der Waals surface area contributed by atoms with Crippen LogP contribution < -0.4 is 10.3 Å². The zero-order valence-electron chi connectivity index (χ0n) is 11.0. The van der Waals surface area contributed by atoms with E-state index in [0.717, 1.165) is 11.3 Å². The van der Waals surface area contributed by atoms with Crippen LogP contribution in [0.25, 0.3) is 5.69 Å². The average Bonchev–Trinajstić information content (AvgIpc) is 2.71. The molecule has 2 rings (SSSR count). The number of esters is 1. The molecule has 0 fully saturated rings. The van der Waals surface area contributed by atoms with Crippen LogP contribution in [-0.2, 0) is 9.53 Å². The van der Waals surface area contributed by atoms with E-state index in [4.69, 9.17) is 9.26 Å². The van der Waals surface area contributed by atoms with E-state index in [1.54, 1.807) is 6.92 Å². The summed E-state index contributed by atoms with van der Waals surface area (Å²) in [7, 11) is 0. The molecule has 0 aliphatic carbocycles. The molecule has 100 valence electrons. The zero-order valence-corrected chi connectivity index (χ0v) is 11.0. The van der Waals surface area contributed by atoms with Crippen molar-refractivity contribution < 1.29 is 18.7 Å². The Balaban J connectivity index is 2.45. The molecule has 6 nitrogen and oxygen atoms in total. The van der Waals surface area contributed by atoms with Crippen molar-refractivity contribution in [2.75, 3.05) is 0 Å². The lowest BCUT2D eigenvalue weighted by Gasteiger charge is -2.05. The number of aromatic amines is 1. The average molecular weight is 263 g/mol. The second-order valence-electron chi connectivity index (χ2n) is 4.29. The highest BCUT2D eigenvalue weighted by Crippen LogP contribution is 2.11. The maximum absolute atomic E-state index is 11.7. The lowest BCUT2D eigenvalue weighted by Crippen LogP contribution is -2.40. The third-order valence-electron chi connectivity index (χ3n) is 2.70. The van der Waals surface area contributed by atoms with Crippen molar-refractivity contribution in [1.82, 2.24) is 5.27 Å². The van der Waals surface area contributed by atoms with Crippen LogP contribution in [0.3, 0.4) is 0 Å². The molecule has 1 heterocycles. The minimum absolute atomic E-state index is 0.235. The van der Waals surface area contributed by atoms with Gasteiger partial charge in [-0.15, -0.1) is 0 Å². The molecule has 1 N–H and O–H groups in total. The molecule has 6 heteroatoms. The van der Waals surface area contributed by atoms with Crippen molar-refractivity contribution in [1.29, 1.82) is 0 Å². The van der Waals surface area contributed by atoms with Crippen molar-refractivity contribution in [3.63, 3.8) is 0 Å². The summed E-state index contributed by atoms with van der Waals surface area (Å²) in [5, 5.41) is 2.50. The van der Waals surface area contributed by atoms with Crippen LogP contribution >= 0.6 is 0 Å². The van der Waals surface area contributed by atoms with Crippen molar-refractivity contribution in [2.24, 2.45) is 0 Å². The molecule has 0 saturated heterocycles. The van der Waals surface area contributed by atoms with Crippen LogP contribution in [0.5, 0.6) is 0 Å². The molecule has 1 aromatic heterocycles. The van der Waals surface area contributed by atoms with Crippen molar-refractivity contribution in [3.8, 4) is 5.69 Å². The normalized spacial score (nSPS) is 12.2. The molecule has 0 radical (unpaired) electrons. The van der Waals surface area contributed by atoms with Gasteiger partial charge in [-0.1, -0.05) is 17.7 Å². The van der Waals surface area contributed by atoms with Crippen LogP contribution in [0.2, 0.25) is 0 Å². The highest BCUT2D eigenvalue weighted by Gasteiger charge is 2.30. The van der Waals surface area contributed by atoms with Crippen molar-refractivity contribution >= 4 is 5.97 Å². The van der Waals surface area contributed by atoms with Gasteiger partial charge in [0.1, 0.15) is 0 Å². The quantitative estimate of drug-likeness (QED) is 0.666. The van der Waals surface area contributed by atoms with Gasteiger partial charge in [-0.2, -0.15) is 0 Å². The number of carbonyl (C=O) groups is 1. The molecule has 19 heavy (non-hydrogen) atoms. The van der Waals surface area contributed by atoms with Crippen LogP contribution in [-0.4, -0.2) is 11.2 Å². The predicted molar refractivity (Wildman–Crippen MR) is 65.8 cm³/mol. The van der Waals surface area contributed by atoms with Crippen LogP contribution in [0.4, 0.5) is 0 Å². The fraction of sp³-hybridized carbons (Fsp3) is 0.308. The van der Waals surface area contributed by atoms with Crippen molar-refractivity contribution in [3.05, 3.63) is 45.9 Å². The molecular weight excluding hydrogens is 248 g/mol. The van der Waals surface area contributed by atoms with E-state index in [9.17, 15) is 9.59 Å². The first kappa shape index (κ1) is 13.1. The molecule has 0 aliphatic heterocycles. The number of hydrogen-bond acceptors (Lipinski definition) is 4. The topological polar surface area (TPSA) is 76.2 Å². The molecule has 1 atom stereocenters. The van der Waals surface area contributed by atoms with E-state index in [2.05, 4.69) is 5.27 Å². The van der Waals surface area contributed by atoms with Gasteiger partial charge in [-0.3, -0.25) is 9.32 Å². The Bertz CT molecular complexity index is 639. The van der Waals surface area contributed by atoms with Gasteiger partial charge >= 0.3 is 17.3 Å². The third kappa shape index (κ3) is 2.73. The SMILES string of the molecule is CC(=O)OC(C)c1c(=O)o[nH][n+]1-c1ccc(C)cc1. The van der Waals surface area contributed by atoms with E-state index >= 15 is 0 Å². The van der Waals surface area contributed by atoms with Gasteiger partial charge in [0.25, 0.3) is 0 Å². The number of ether oxygens (including phenoxy) is 1. The Morgan fingerprint density at radius 1 is 1.37 bits per heavy atom. The molecule has 0 spiro atoms. The second-order valence-corrected chi connectivity index (χ2v) is 4.29. The number of aromatic nitrogens is 2. The first-order valence-corrected chi connectivity index (χ1v) is 5.86. The van der Waals surface area contributed by atoms with E-state index in [1.165, 1.54) is 11.6 Å². The zero-order chi connectivity index (χ0) is 14.0. The second kappa shape index (κ2) is 5.09. The Kier molecular flexibility index (Phi) is 3.50.